The number of hydrogen-bond donors (Lipinski definition) is 1. The van der Waals surface area contributed by atoms with Gasteiger partial charge >= 0.3 is 5.97 Å². The molecule has 0 radical (unpaired) electrons. The maximum absolute atomic E-state index is 12.1. The van der Waals surface area contributed by atoms with E-state index in [0.29, 0.717) is 19.3 Å². The van der Waals surface area contributed by atoms with Crippen molar-refractivity contribution in [3.05, 3.63) is 138 Å². The minimum Gasteiger partial charge on any atom is -0.512 e. The fourth-order valence-corrected chi connectivity index (χ4v) is 5.51. The van der Waals surface area contributed by atoms with Gasteiger partial charge in [-0.05, 0) is 35.4 Å². The molecule has 37 heavy (non-hydrogen) atoms. The summed E-state index contributed by atoms with van der Waals surface area (Å²) in [6, 6.07) is 31.4. The molecule has 1 unspecified atom stereocenters. The highest BCUT2D eigenvalue weighted by atomic mass is 16.6. The molecule has 1 aromatic heterocycles. The molecule has 0 fully saturated rings. The molecule has 1 aliphatic rings. The van der Waals surface area contributed by atoms with Crippen LogP contribution in [0, 0.1) is 5.92 Å². The van der Waals surface area contributed by atoms with Crippen LogP contribution in [0.5, 0.6) is 0 Å². The van der Waals surface area contributed by atoms with Gasteiger partial charge in [0.25, 0.3) is 0 Å². The number of esters is 1. The van der Waals surface area contributed by atoms with E-state index in [4.69, 9.17) is 9.72 Å². The number of aliphatic hydroxyl groups excluding tert-OH is 1. The van der Waals surface area contributed by atoms with Crippen LogP contribution in [0.1, 0.15) is 49.1 Å². The van der Waals surface area contributed by atoms with Gasteiger partial charge in [-0.25, -0.2) is 9.78 Å². The zero-order valence-electron chi connectivity index (χ0n) is 21.2. The van der Waals surface area contributed by atoms with Crippen LogP contribution in [0.3, 0.4) is 0 Å². The average Bonchev–Trinajstić information content (AvgIpc) is 3.39. The topological polar surface area (TPSA) is 64.3 Å². The maximum Gasteiger partial charge on any atom is 0.334 e. The third-order valence-electron chi connectivity index (χ3n) is 7.52. The van der Waals surface area contributed by atoms with E-state index in [1.807, 2.05) is 38.4 Å². The van der Waals surface area contributed by atoms with Crippen LogP contribution in [-0.2, 0) is 21.5 Å². The second-order valence-electron chi connectivity index (χ2n) is 10.0. The number of aliphatic hydroxyl groups is 1. The molecule has 188 valence electrons. The van der Waals surface area contributed by atoms with E-state index in [9.17, 15) is 9.90 Å². The number of aryl methyl sites for hydroxylation is 1. The number of cyclic esters (lactones) is 1. The molecule has 0 aliphatic carbocycles. The minimum atomic E-state index is -0.755. The Kier molecular flexibility index (Phi) is 6.70. The van der Waals surface area contributed by atoms with Crippen molar-refractivity contribution in [1.29, 1.82) is 0 Å². The van der Waals surface area contributed by atoms with Crippen LogP contribution in [0.25, 0.3) is 0 Å². The molecule has 1 atom stereocenters. The van der Waals surface area contributed by atoms with Crippen molar-refractivity contribution in [2.24, 2.45) is 5.92 Å². The normalized spacial score (nSPS) is 17.9. The Morgan fingerprint density at radius 1 is 0.919 bits per heavy atom. The molecule has 1 N–H and O–H groups in total. The van der Waals surface area contributed by atoms with Crippen molar-refractivity contribution in [3.63, 3.8) is 0 Å². The predicted molar refractivity (Wildman–Crippen MR) is 144 cm³/mol. The average molecular weight is 493 g/mol. The van der Waals surface area contributed by atoms with E-state index >= 15 is 0 Å². The number of carbonyl (C=O) groups excluding carboxylic acids is 1. The summed E-state index contributed by atoms with van der Waals surface area (Å²) in [5.74, 6) is -0.364. The first kappa shape index (κ1) is 24.6. The zero-order valence-corrected chi connectivity index (χ0v) is 21.2. The fourth-order valence-electron chi connectivity index (χ4n) is 5.51. The van der Waals surface area contributed by atoms with Crippen molar-refractivity contribution >= 4 is 5.97 Å². The maximum atomic E-state index is 12.1. The van der Waals surface area contributed by atoms with Gasteiger partial charge in [-0.1, -0.05) is 105 Å². The molecule has 5 heteroatoms. The second kappa shape index (κ2) is 10.1. The lowest BCUT2D eigenvalue weighted by molar-refractivity contribution is -0.163. The van der Waals surface area contributed by atoms with Crippen molar-refractivity contribution < 1.29 is 14.6 Å². The number of rotatable bonds is 8. The summed E-state index contributed by atoms with van der Waals surface area (Å²) in [4.78, 5) is 16.9. The van der Waals surface area contributed by atoms with Crippen molar-refractivity contribution in [1.82, 2.24) is 9.55 Å². The number of aromatic nitrogens is 2. The fraction of sp³-hybridized carbons (Fsp3) is 0.250. The number of carbonyl (C=O) groups is 1. The Balaban J connectivity index is 1.58. The Morgan fingerprint density at radius 3 is 1.89 bits per heavy atom. The van der Waals surface area contributed by atoms with Gasteiger partial charge in [0.2, 0.25) is 0 Å². The largest absolute Gasteiger partial charge is 0.512 e. The third-order valence-corrected chi connectivity index (χ3v) is 7.52. The highest BCUT2D eigenvalue weighted by Gasteiger charge is 2.42. The lowest BCUT2D eigenvalue weighted by atomic mass is 9.76. The molecule has 1 aliphatic heterocycles. The second-order valence-corrected chi connectivity index (χ2v) is 10.0. The van der Waals surface area contributed by atoms with E-state index in [1.54, 1.807) is 0 Å². The number of ether oxygens (including phenoxy) is 1. The Bertz CT molecular complexity index is 1280. The molecule has 5 nitrogen and oxygen atoms in total. The Hall–Kier alpha value is -4.12. The third kappa shape index (κ3) is 4.57. The molecule has 5 rings (SSSR count). The molecule has 0 spiro atoms. The van der Waals surface area contributed by atoms with Gasteiger partial charge in [-0.3, -0.25) is 0 Å². The highest BCUT2D eigenvalue weighted by Crippen LogP contribution is 2.41. The number of imidazole rings is 1. The van der Waals surface area contributed by atoms with Gasteiger partial charge in [0.15, 0.2) is 0 Å². The number of hydrogen-bond acceptors (Lipinski definition) is 4. The number of benzene rings is 3. The van der Waals surface area contributed by atoms with E-state index in [-0.39, 0.29) is 11.7 Å². The van der Waals surface area contributed by atoms with Crippen molar-refractivity contribution in [3.8, 4) is 0 Å². The zero-order chi connectivity index (χ0) is 25.9. The number of nitrogens with zero attached hydrogens (tertiary/aromatic N) is 2. The van der Waals surface area contributed by atoms with Crippen LogP contribution < -0.4 is 0 Å². The van der Waals surface area contributed by atoms with Gasteiger partial charge in [0, 0.05) is 12.6 Å². The van der Waals surface area contributed by atoms with Crippen LogP contribution in [0.4, 0.5) is 0 Å². The van der Waals surface area contributed by atoms with Crippen LogP contribution in [-0.4, -0.2) is 26.2 Å². The van der Waals surface area contributed by atoms with E-state index in [1.165, 1.54) is 6.08 Å². The van der Waals surface area contributed by atoms with Gasteiger partial charge in [-0.2, -0.15) is 0 Å². The molecule has 0 saturated carbocycles. The summed E-state index contributed by atoms with van der Waals surface area (Å²) < 4.78 is 7.99. The van der Waals surface area contributed by atoms with Crippen molar-refractivity contribution in [2.75, 3.05) is 0 Å². The summed E-state index contributed by atoms with van der Waals surface area (Å²) in [6.45, 7) is 4.05. The summed E-state index contributed by atoms with van der Waals surface area (Å²) in [5, 5.41) is 10.2. The van der Waals surface area contributed by atoms with Crippen molar-refractivity contribution in [2.45, 2.75) is 44.2 Å². The first-order chi connectivity index (χ1) is 17.9. The first-order valence-electron chi connectivity index (χ1n) is 12.8. The Labute approximate surface area is 218 Å². The smallest absolute Gasteiger partial charge is 0.334 e. The summed E-state index contributed by atoms with van der Waals surface area (Å²) in [7, 11) is 0. The lowest BCUT2D eigenvalue weighted by Crippen LogP contribution is -2.43. The molecular formula is C32H32N2O3. The minimum absolute atomic E-state index is 0.0476. The summed E-state index contributed by atoms with van der Waals surface area (Å²) in [6.07, 6.45) is 6.67. The molecule has 0 saturated heterocycles. The molecule has 3 aromatic carbocycles. The molecule has 0 bridgehead atoms. The summed E-state index contributed by atoms with van der Waals surface area (Å²) in [5.41, 5.74) is 2.92. The van der Waals surface area contributed by atoms with E-state index in [2.05, 4.69) is 83.6 Å². The van der Waals surface area contributed by atoms with Crippen LogP contribution in [0.15, 0.2) is 115 Å². The van der Waals surface area contributed by atoms with E-state index < -0.39 is 17.1 Å². The first-order valence-corrected chi connectivity index (χ1v) is 12.8. The lowest BCUT2D eigenvalue weighted by Gasteiger charge is -2.39. The van der Waals surface area contributed by atoms with Gasteiger partial charge < -0.3 is 14.4 Å². The van der Waals surface area contributed by atoms with Gasteiger partial charge in [0.05, 0.1) is 18.1 Å². The summed E-state index contributed by atoms with van der Waals surface area (Å²) >= 11 is 0. The monoisotopic (exact) mass is 492 g/mol. The Morgan fingerprint density at radius 2 is 1.43 bits per heavy atom. The van der Waals surface area contributed by atoms with Crippen LogP contribution in [0.2, 0.25) is 0 Å². The van der Waals surface area contributed by atoms with Crippen LogP contribution >= 0.6 is 0 Å². The predicted octanol–water partition coefficient (Wildman–Crippen LogP) is 6.44. The van der Waals surface area contributed by atoms with Gasteiger partial charge in [0.1, 0.15) is 16.9 Å². The molecule has 2 heterocycles. The van der Waals surface area contributed by atoms with Gasteiger partial charge in [-0.15, -0.1) is 0 Å². The molecule has 4 aromatic rings. The molecule has 0 amide bonds. The van der Waals surface area contributed by atoms with E-state index in [0.717, 1.165) is 22.4 Å². The SMILES string of the molecule is CC(C)C1(CCc2cn(C(c3ccccc3)(c3ccccc3)c3ccccc3)cn2)CC(O)=CC(=O)O1. The molecular weight excluding hydrogens is 460 g/mol. The quantitative estimate of drug-likeness (QED) is 0.227. The standard InChI is InChI=1S/C32H32N2O3/c1-24(2)31(21-29(35)20-30(36)37-31)19-18-28-22-34(23-33-28)32(25-12-6-3-7-13-25,26-14-8-4-9-15-26)27-16-10-5-11-17-27/h3-17,20,22-24,35H,18-19,21H2,1-2H3. The highest BCUT2D eigenvalue weighted by molar-refractivity contribution is 5.83.